The molecule has 3 heteroatoms. The second-order valence-electron chi connectivity index (χ2n) is 7.27. The van der Waals surface area contributed by atoms with Gasteiger partial charge in [0, 0.05) is 26.9 Å². The number of aldehydes is 1. The van der Waals surface area contributed by atoms with Crippen molar-refractivity contribution in [1.82, 2.24) is 4.90 Å². The van der Waals surface area contributed by atoms with E-state index in [4.69, 9.17) is 0 Å². The van der Waals surface area contributed by atoms with Crippen molar-refractivity contribution in [3.8, 4) is 0 Å². The molecule has 0 saturated heterocycles. The maximum atomic E-state index is 10.9. The predicted octanol–water partition coefficient (Wildman–Crippen LogP) is 5.31. The Balaban J connectivity index is -0.000000320. The van der Waals surface area contributed by atoms with Crippen LogP contribution in [0.5, 0.6) is 0 Å². The van der Waals surface area contributed by atoms with Gasteiger partial charge in [0.1, 0.15) is 12.1 Å². The quantitative estimate of drug-likeness (QED) is 0.516. The third kappa shape index (κ3) is 14.4. The van der Waals surface area contributed by atoms with Gasteiger partial charge in [0.05, 0.1) is 0 Å². The zero-order valence-corrected chi connectivity index (χ0v) is 15.7. The fraction of sp³-hybridized carbons (Fsp3) is 0.714. The van der Waals surface area contributed by atoms with Crippen LogP contribution in [0.25, 0.3) is 0 Å². The van der Waals surface area contributed by atoms with Gasteiger partial charge >= 0.3 is 0 Å². The summed E-state index contributed by atoms with van der Waals surface area (Å²) in [6.45, 7) is 13.4. The lowest BCUT2D eigenvalue weighted by atomic mass is 9.99. The Morgan fingerprint density at radius 3 is 2.17 bits per heavy atom. The molecule has 0 amide bonds. The van der Waals surface area contributed by atoms with Crippen molar-refractivity contribution in [2.75, 3.05) is 20.1 Å². The molecule has 0 aromatic carbocycles. The fourth-order valence-corrected chi connectivity index (χ4v) is 2.94. The van der Waals surface area contributed by atoms with E-state index in [2.05, 4.69) is 31.5 Å². The lowest BCUT2D eigenvalue weighted by Gasteiger charge is -2.26. The van der Waals surface area contributed by atoms with E-state index in [9.17, 15) is 9.59 Å². The molecule has 2 aliphatic rings. The SMILES string of the molecule is C.C=C(C)C.CC(=O)CC1=CC(C)CN(C)C1.O=CC1CCCC1.[HH]. The Morgan fingerprint density at radius 1 is 1.33 bits per heavy atom. The zero-order chi connectivity index (χ0) is 17.8. The minimum Gasteiger partial charge on any atom is -0.303 e. The molecule has 1 saturated carbocycles. The summed E-state index contributed by atoms with van der Waals surface area (Å²) in [6, 6.07) is 0. The highest BCUT2D eigenvalue weighted by atomic mass is 16.1. The molecule has 0 spiro atoms. The lowest BCUT2D eigenvalue weighted by molar-refractivity contribution is -0.116. The van der Waals surface area contributed by atoms with E-state index in [0.717, 1.165) is 32.2 Å². The molecule has 1 heterocycles. The van der Waals surface area contributed by atoms with Crippen molar-refractivity contribution in [1.29, 1.82) is 0 Å². The number of carbonyl (C=O) groups is 2. The van der Waals surface area contributed by atoms with Gasteiger partial charge in [-0.1, -0.05) is 44.4 Å². The van der Waals surface area contributed by atoms with E-state index in [1.807, 2.05) is 13.8 Å². The van der Waals surface area contributed by atoms with Crippen molar-refractivity contribution < 1.29 is 11.0 Å². The van der Waals surface area contributed by atoms with Crippen molar-refractivity contribution in [2.45, 2.75) is 67.2 Å². The molecule has 0 radical (unpaired) electrons. The van der Waals surface area contributed by atoms with Gasteiger partial charge in [-0.25, -0.2) is 0 Å². The predicted molar refractivity (Wildman–Crippen MR) is 107 cm³/mol. The molecule has 2 rings (SSSR count). The van der Waals surface area contributed by atoms with E-state index in [1.54, 1.807) is 6.92 Å². The molecule has 0 aromatic rings. The van der Waals surface area contributed by atoms with Crippen LogP contribution in [-0.4, -0.2) is 37.1 Å². The van der Waals surface area contributed by atoms with Gasteiger partial charge < -0.3 is 9.69 Å². The highest BCUT2D eigenvalue weighted by molar-refractivity contribution is 5.78. The van der Waals surface area contributed by atoms with E-state index in [-0.39, 0.29) is 14.6 Å². The first-order chi connectivity index (χ1) is 10.7. The van der Waals surface area contributed by atoms with Crippen LogP contribution in [0.1, 0.15) is 68.7 Å². The average molecular weight is 340 g/mol. The van der Waals surface area contributed by atoms with Gasteiger partial charge in [-0.05, 0) is 46.6 Å². The molecule has 1 aliphatic carbocycles. The molecule has 0 N–H and O–H groups in total. The summed E-state index contributed by atoms with van der Waals surface area (Å²) < 4.78 is 0. The van der Waals surface area contributed by atoms with Gasteiger partial charge in [-0.15, -0.1) is 6.58 Å². The van der Waals surface area contributed by atoms with Crippen LogP contribution >= 0.6 is 0 Å². The fourth-order valence-electron chi connectivity index (χ4n) is 2.94. The Hall–Kier alpha value is -1.22. The summed E-state index contributed by atoms with van der Waals surface area (Å²) in [5.41, 5.74) is 2.45. The summed E-state index contributed by atoms with van der Waals surface area (Å²) in [7, 11) is 2.10. The first-order valence-corrected chi connectivity index (χ1v) is 8.69. The van der Waals surface area contributed by atoms with Gasteiger partial charge in [0.15, 0.2) is 0 Å². The average Bonchev–Trinajstić information content (AvgIpc) is 2.89. The highest BCUT2D eigenvalue weighted by Crippen LogP contribution is 2.21. The van der Waals surface area contributed by atoms with Gasteiger partial charge in [0.25, 0.3) is 0 Å². The third-order valence-electron chi connectivity index (χ3n) is 3.66. The summed E-state index contributed by atoms with van der Waals surface area (Å²) in [4.78, 5) is 23.1. The molecule has 1 aliphatic heterocycles. The maximum Gasteiger partial charge on any atom is 0.133 e. The summed E-state index contributed by atoms with van der Waals surface area (Å²) in [6.07, 6.45) is 8.78. The van der Waals surface area contributed by atoms with E-state index < -0.39 is 0 Å². The summed E-state index contributed by atoms with van der Waals surface area (Å²) in [5, 5.41) is 0. The topological polar surface area (TPSA) is 37.4 Å². The molecule has 142 valence electrons. The molecule has 0 bridgehead atoms. The summed E-state index contributed by atoms with van der Waals surface area (Å²) in [5.74, 6) is 1.28. The van der Waals surface area contributed by atoms with E-state index in [0.29, 0.717) is 18.3 Å². The number of Topliss-reactive ketones (excluding diaryl/α,β-unsaturated/α-hetero) is 1. The Morgan fingerprint density at radius 2 is 1.83 bits per heavy atom. The Labute approximate surface area is 151 Å². The van der Waals surface area contributed by atoms with Gasteiger partial charge in [0.2, 0.25) is 0 Å². The standard InChI is InChI=1S/C10H17NO.C6H10O.C4H8.CH4.H2/c1-8-4-10(5-9(2)12)7-11(3)6-8;7-5-6-3-1-2-4-6;1-4(2)3;;/h4,8H,5-7H2,1-3H3;5-6H,1-4H2;1H2,2-3H3;1H4;1H. The van der Waals surface area contributed by atoms with Crippen molar-refractivity contribution in [3.63, 3.8) is 0 Å². The number of ketones is 1. The molecular formula is C21H41NO2. The lowest BCUT2D eigenvalue weighted by Crippen LogP contribution is -2.30. The van der Waals surface area contributed by atoms with Crippen LogP contribution < -0.4 is 0 Å². The third-order valence-corrected chi connectivity index (χ3v) is 3.66. The minimum atomic E-state index is 0. The number of allylic oxidation sites excluding steroid dienone is 1. The number of carbonyl (C=O) groups excluding carboxylic acids is 2. The number of nitrogens with zero attached hydrogens (tertiary/aromatic N) is 1. The van der Waals surface area contributed by atoms with Crippen LogP contribution in [0.2, 0.25) is 0 Å². The number of rotatable bonds is 3. The Bertz CT molecular complexity index is 408. The monoisotopic (exact) mass is 339 g/mol. The van der Waals surface area contributed by atoms with E-state index in [1.165, 1.54) is 24.0 Å². The van der Waals surface area contributed by atoms with E-state index >= 15 is 0 Å². The molecule has 1 fully saturated rings. The van der Waals surface area contributed by atoms with Crippen LogP contribution in [-0.2, 0) is 9.59 Å². The number of hydrogen-bond acceptors (Lipinski definition) is 3. The highest BCUT2D eigenvalue weighted by Gasteiger charge is 2.14. The molecule has 3 nitrogen and oxygen atoms in total. The maximum absolute atomic E-state index is 10.9. The first kappa shape index (κ1) is 25.0. The van der Waals surface area contributed by atoms with Crippen molar-refractivity contribution >= 4 is 12.1 Å². The molecule has 24 heavy (non-hydrogen) atoms. The Kier molecular flexibility index (Phi) is 14.8. The van der Waals surface area contributed by atoms with Gasteiger partial charge in [-0.3, -0.25) is 4.79 Å². The van der Waals surface area contributed by atoms with Crippen LogP contribution in [0.3, 0.4) is 0 Å². The second kappa shape index (κ2) is 14.2. The van der Waals surface area contributed by atoms with Crippen LogP contribution in [0.15, 0.2) is 23.8 Å². The molecule has 0 aromatic heterocycles. The zero-order valence-electron chi connectivity index (χ0n) is 15.7. The van der Waals surface area contributed by atoms with Crippen LogP contribution in [0.4, 0.5) is 0 Å². The first-order valence-electron chi connectivity index (χ1n) is 8.69. The largest absolute Gasteiger partial charge is 0.303 e. The van der Waals surface area contributed by atoms with Crippen molar-refractivity contribution in [3.05, 3.63) is 23.8 Å². The summed E-state index contributed by atoms with van der Waals surface area (Å²) >= 11 is 0. The van der Waals surface area contributed by atoms with Crippen LogP contribution in [0, 0.1) is 11.8 Å². The molecular weight excluding hydrogens is 298 g/mol. The normalized spacial score (nSPS) is 20.4. The minimum absolute atomic E-state index is 0. The second-order valence-corrected chi connectivity index (χ2v) is 7.27. The molecule has 1 unspecified atom stereocenters. The van der Waals surface area contributed by atoms with Crippen molar-refractivity contribution in [2.24, 2.45) is 11.8 Å². The smallest absolute Gasteiger partial charge is 0.133 e. The molecule has 1 atom stereocenters. The number of likely N-dealkylation sites (N-methyl/N-ethyl adjacent to an activating group) is 1. The van der Waals surface area contributed by atoms with Gasteiger partial charge in [-0.2, -0.15) is 0 Å². The number of hydrogen-bond donors (Lipinski definition) is 0.